The third kappa shape index (κ3) is 6.84. The molecule has 1 aliphatic carbocycles. The molecule has 0 atom stereocenters. The number of aromatic nitrogens is 1. The lowest BCUT2D eigenvalue weighted by molar-refractivity contribution is 0.445. The summed E-state index contributed by atoms with van der Waals surface area (Å²) < 4.78 is 5.05. The molecule has 1 aliphatic rings. The first-order valence-corrected chi connectivity index (χ1v) is 24.7. The van der Waals surface area contributed by atoms with Crippen LogP contribution in [0.3, 0.4) is 0 Å². The smallest absolute Gasteiger partial charge is 0.0541 e. The first-order valence-electron chi connectivity index (χ1n) is 23.9. The normalized spacial score (nSPS) is 13.3. The van der Waals surface area contributed by atoms with Crippen molar-refractivity contribution < 1.29 is 0 Å². The number of fused-ring (bicyclic) bond motifs is 7. The molecule has 0 radical (unpaired) electrons. The summed E-state index contributed by atoms with van der Waals surface area (Å²) in [6.45, 7) is 0. The summed E-state index contributed by atoms with van der Waals surface area (Å²) in [6.07, 6.45) is 6.47. The minimum Gasteiger partial charge on any atom is -0.310 e. The summed E-state index contributed by atoms with van der Waals surface area (Å²) >= 11 is 1.89. The minimum atomic E-state index is 0.579. The third-order valence-corrected chi connectivity index (χ3v) is 15.6. The maximum absolute atomic E-state index is 2.49. The van der Waals surface area contributed by atoms with Crippen LogP contribution >= 0.6 is 11.3 Å². The van der Waals surface area contributed by atoms with Gasteiger partial charge in [0.05, 0.1) is 16.7 Å². The zero-order valence-corrected chi connectivity index (χ0v) is 38.1. The molecule has 0 saturated heterocycles. The number of hydrogen-bond acceptors (Lipinski definition) is 2. The van der Waals surface area contributed by atoms with Crippen molar-refractivity contribution in [3.05, 3.63) is 230 Å². The molecule has 2 nitrogen and oxygen atoms in total. The summed E-state index contributed by atoms with van der Waals surface area (Å²) in [5, 5.41) is 7.85. The van der Waals surface area contributed by atoms with Gasteiger partial charge in [0, 0.05) is 53.6 Å². The van der Waals surface area contributed by atoms with Crippen LogP contribution in [0.2, 0.25) is 0 Å². The Kier molecular flexibility index (Phi) is 9.83. The second-order valence-corrected chi connectivity index (χ2v) is 19.3. The first-order chi connectivity index (χ1) is 33.2. The Labute approximate surface area is 395 Å². The van der Waals surface area contributed by atoms with Gasteiger partial charge in [-0.05, 0) is 130 Å². The molecule has 67 heavy (non-hydrogen) atoms. The van der Waals surface area contributed by atoms with E-state index in [9.17, 15) is 0 Å². The van der Waals surface area contributed by atoms with Crippen molar-refractivity contribution >= 4 is 81.1 Å². The lowest BCUT2D eigenvalue weighted by atomic mass is 9.80. The molecule has 12 aromatic rings. The Balaban J connectivity index is 0.983. The molecule has 0 unspecified atom stereocenters. The van der Waals surface area contributed by atoms with Gasteiger partial charge in [-0.25, -0.2) is 0 Å². The molecule has 2 aromatic heterocycles. The number of rotatable bonds is 8. The van der Waals surface area contributed by atoms with Gasteiger partial charge in [-0.2, -0.15) is 0 Å². The van der Waals surface area contributed by atoms with Gasteiger partial charge < -0.3 is 9.47 Å². The van der Waals surface area contributed by atoms with Gasteiger partial charge in [0.2, 0.25) is 0 Å². The van der Waals surface area contributed by atoms with Crippen LogP contribution in [0, 0.1) is 0 Å². The molecule has 0 bridgehead atoms. The van der Waals surface area contributed by atoms with Crippen LogP contribution in [-0.2, 0) is 0 Å². The highest BCUT2D eigenvalue weighted by molar-refractivity contribution is 7.26. The van der Waals surface area contributed by atoms with Crippen LogP contribution < -0.4 is 4.90 Å². The zero-order valence-electron chi connectivity index (χ0n) is 37.3. The SMILES string of the molecule is c1ccc(-n2c3ccccc3c3cc(-c4cccc(N(c5ccc(-c6cccc7c6sc6ccccc67)cc5)c5ccccc5-c5cccc6cccc(C7CCCCC7)c56)c4)ccc32)cc1. The van der Waals surface area contributed by atoms with Crippen LogP contribution in [0.1, 0.15) is 43.6 Å². The highest BCUT2D eigenvalue weighted by atomic mass is 32.1. The highest BCUT2D eigenvalue weighted by Gasteiger charge is 2.24. The number of para-hydroxylation sites is 3. The van der Waals surface area contributed by atoms with E-state index in [1.807, 2.05) is 11.3 Å². The molecule has 1 saturated carbocycles. The average molecular weight is 877 g/mol. The van der Waals surface area contributed by atoms with E-state index in [2.05, 4.69) is 234 Å². The monoisotopic (exact) mass is 876 g/mol. The van der Waals surface area contributed by atoms with Crippen LogP contribution in [0.4, 0.5) is 17.1 Å². The van der Waals surface area contributed by atoms with Crippen molar-refractivity contribution in [1.29, 1.82) is 0 Å². The van der Waals surface area contributed by atoms with Crippen molar-refractivity contribution in [1.82, 2.24) is 4.57 Å². The predicted octanol–water partition coefficient (Wildman–Crippen LogP) is 18.8. The fourth-order valence-electron chi connectivity index (χ4n) is 11.3. The molecule has 3 heteroatoms. The van der Waals surface area contributed by atoms with E-state index in [1.54, 1.807) is 0 Å². The molecule has 0 N–H and O–H groups in total. The van der Waals surface area contributed by atoms with Gasteiger partial charge >= 0.3 is 0 Å². The first kappa shape index (κ1) is 39.6. The van der Waals surface area contributed by atoms with Gasteiger partial charge in [0.15, 0.2) is 0 Å². The second kappa shape index (κ2) is 16.6. The minimum absolute atomic E-state index is 0.579. The second-order valence-electron chi connectivity index (χ2n) is 18.2. The van der Waals surface area contributed by atoms with Gasteiger partial charge in [0.25, 0.3) is 0 Å². The fourth-order valence-corrected chi connectivity index (χ4v) is 12.5. The average Bonchev–Trinajstić information content (AvgIpc) is 3.95. The van der Waals surface area contributed by atoms with Crippen LogP contribution in [0.25, 0.3) is 91.8 Å². The number of nitrogens with zero attached hydrogens (tertiary/aromatic N) is 2. The number of hydrogen-bond donors (Lipinski definition) is 0. The van der Waals surface area contributed by atoms with Crippen LogP contribution in [0.15, 0.2) is 224 Å². The third-order valence-electron chi connectivity index (χ3n) is 14.4. The van der Waals surface area contributed by atoms with Crippen molar-refractivity contribution in [3.8, 4) is 39.1 Å². The van der Waals surface area contributed by atoms with E-state index in [0.717, 1.165) is 17.1 Å². The predicted molar refractivity (Wildman–Crippen MR) is 288 cm³/mol. The van der Waals surface area contributed by atoms with E-state index in [0.29, 0.717) is 5.92 Å². The van der Waals surface area contributed by atoms with E-state index in [1.165, 1.54) is 129 Å². The molecule has 0 spiro atoms. The molecular weight excluding hydrogens is 829 g/mol. The summed E-state index contributed by atoms with van der Waals surface area (Å²) in [4.78, 5) is 2.49. The van der Waals surface area contributed by atoms with Gasteiger partial charge in [-0.15, -0.1) is 11.3 Å². The zero-order chi connectivity index (χ0) is 44.3. The van der Waals surface area contributed by atoms with Crippen molar-refractivity contribution in [2.45, 2.75) is 38.0 Å². The summed E-state index contributed by atoms with van der Waals surface area (Å²) in [7, 11) is 0. The van der Waals surface area contributed by atoms with E-state index >= 15 is 0 Å². The molecule has 2 heterocycles. The number of benzene rings is 10. The molecule has 0 amide bonds. The quantitative estimate of drug-likeness (QED) is 0.148. The lowest BCUT2D eigenvalue weighted by Gasteiger charge is -2.29. The maximum Gasteiger partial charge on any atom is 0.0541 e. The standard InChI is InChI=1S/C64H48N2S/c1-3-17-43(18-4-1)51-28-14-19-45-20-15-30-56(63(45)51)53-25-7-10-32-59(53)65(49-38-35-44(36-39-49)52-29-16-31-57-55-27-9-12-34-62(55)67-64(52)57)50-24-13-21-46(41-50)47-37-40-61-58(42-47)54-26-8-11-33-60(54)66(61)48-22-5-2-6-23-48/h2,5-16,19-43H,1,3-4,17-18H2. The number of thiophene rings is 1. The number of anilines is 3. The Morgan fingerprint density at radius 3 is 1.96 bits per heavy atom. The maximum atomic E-state index is 2.49. The molecule has 10 aromatic carbocycles. The lowest BCUT2D eigenvalue weighted by Crippen LogP contribution is -2.11. The summed E-state index contributed by atoms with van der Waals surface area (Å²) in [6, 6.07) is 83.5. The van der Waals surface area contributed by atoms with E-state index < -0.39 is 0 Å². The Morgan fingerprint density at radius 2 is 1.07 bits per heavy atom. The fraction of sp³-hybridized carbons (Fsp3) is 0.0938. The largest absolute Gasteiger partial charge is 0.310 e. The Morgan fingerprint density at radius 1 is 0.418 bits per heavy atom. The van der Waals surface area contributed by atoms with Crippen LogP contribution in [0.5, 0.6) is 0 Å². The highest BCUT2D eigenvalue weighted by Crippen LogP contribution is 2.47. The van der Waals surface area contributed by atoms with Crippen molar-refractivity contribution in [2.75, 3.05) is 4.90 Å². The van der Waals surface area contributed by atoms with Gasteiger partial charge in [-0.3, -0.25) is 0 Å². The summed E-state index contributed by atoms with van der Waals surface area (Å²) in [5.41, 5.74) is 15.9. The summed E-state index contributed by atoms with van der Waals surface area (Å²) in [5.74, 6) is 0.579. The Bertz CT molecular complexity index is 3790. The van der Waals surface area contributed by atoms with Crippen molar-refractivity contribution in [3.63, 3.8) is 0 Å². The molecule has 1 fully saturated rings. The molecule has 13 rings (SSSR count). The van der Waals surface area contributed by atoms with Crippen molar-refractivity contribution in [2.24, 2.45) is 0 Å². The molecule has 0 aliphatic heterocycles. The Hall–Kier alpha value is -7.72. The molecule has 320 valence electrons. The van der Waals surface area contributed by atoms with E-state index in [4.69, 9.17) is 0 Å². The van der Waals surface area contributed by atoms with Crippen LogP contribution in [-0.4, -0.2) is 4.57 Å². The van der Waals surface area contributed by atoms with E-state index in [-0.39, 0.29) is 0 Å². The van der Waals surface area contributed by atoms with Gasteiger partial charge in [0.1, 0.15) is 0 Å². The topological polar surface area (TPSA) is 8.17 Å². The van der Waals surface area contributed by atoms with Gasteiger partial charge in [-0.1, -0.05) is 177 Å². The molecular formula is C64H48N2S.